The number of anilines is 1. The molecule has 0 spiro atoms. The SMILES string of the molecule is O=C(NC(Cc1ccccc1)C(=O)Nc1cccc(S(=O)(=O)N2CCCC2)c1)c1ccccc1. The van der Waals surface area contributed by atoms with Gasteiger partial charge in [-0.1, -0.05) is 54.6 Å². The van der Waals surface area contributed by atoms with Crippen LogP contribution >= 0.6 is 0 Å². The minimum atomic E-state index is -3.61. The minimum Gasteiger partial charge on any atom is -0.340 e. The molecule has 0 saturated carbocycles. The monoisotopic (exact) mass is 477 g/mol. The van der Waals surface area contributed by atoms with Crippen LogP contribution in [0.25, 0.3) is 0 Å². The maximum absolute atomic E-state index is 13.2. The fourth-order valence-corrected chi connectivity index (χ4v) is 5.49. The number of amides is 2. The van der Waals surface area contributed by atoms with E-state index in [2.05, 4.69) is 10.6 Å². The van der Waals surface area contributed by atoms with E-state index in [4.69, 9.17) is 0 Å². The number of rotatable bonds is 8. The van der Waals surface area contributed by atoms with E-state index >= 15 is 0 Å². The Morgan fingerprint density at radius 1 is 0.853 bits per heavy atom. The Bertz CT molecular complexity index is 1240. The van der Waals surface area contributed by atoms with Gasteiger partial charge in [0, 0.05) is 30.8 Å². The highest BCUT2D eigenvalue weighted by molar-refractivity contribution is 7.89. The van der Waals surface area contributed by atoms with Crippen LogP contribution in [0, 0.1) is 0 Å². The van der Waals surface area contributed by atoms with Gasteiger partial charge in [-0.2, -0.15) is 4.31 Å². The first-order valence-corrected chi connectivity index (χ1v) is 12.7. The molecule has 2 N–H and O–H groups in total. The molecule has 1 aliphatic heterocycles. The van der Waals surface area contributed by atoms with Crippen molar-refractivity contribution in [1.82, 2.24) is 9.62 Å². The Morgan fingerprint density at radius 3 is 2.18 bits per heavy atom. The summed E-state index contributed by atoms with van der Waals surface area (Å²) >= 11 is 0. The lowest BCUT2D eigenvalue weighted by atomic mass is 10.0. The Balaban J connectivity index is 1.53. The number of sulfonamides is 1. The second kappa shape index (κ2) is 10.6. The Kier molecular flexibility index (Phi) is 7.40. The van der Waals surface area contributed by atoms with Gasteiger partial charge in [0.1, 0.15) is 6.04 Å². The van der Waals surface area contributed by atoms with E-state index in [0.29, 0.717) is 24.3 Å². The number of carbonyl (C=O) groups is 2. The third-order valence-corrected chi connectivity index (χ3v) is 7.64. The van der Waals surface area contributed by atoms with Crippen molar-refractivity contribution in [3.63, 3.8) is 0 Å². The van der Waals surface area contributed by atoms with Crippen molar-refractivity contribution in [1.29, 1.82) is 0 Å². The van der Waals surface area contributed by atoms with E-state index in [1.807, 2.05) is 36.4 Å². The van der Waals surface area contributed by atoms with Gasteiger partial charge in [-0.25, -0.2) is 8.42 Å². The Labute approximate surface area is 199 Å². The summed E-state index contributed by atoms with van der Waals surface area (Å²) < 4.78 is 27.3. The second-order valence-electron chi connectivity index (χ2n) is 8.21. The van der Waals surface area contributed by atoms with Gasteiger partial charge in [0.05, 0.1) is 4.90 Å². The first-order chi connectivity index (χ1) is 16.4. The van der Waals surface area contributed by atoms with Crippen molar-refractivity contribution in [3.05, 3.63) is 96.1 Å². The molecule has 0 aliphatic carbocycles. The number of hydrogen-bond acceptors (Lipinski definition) is 4. The molecule has 176 valence electrons. The molecular weight excluding hydrogens is 450 g/mol. The summed E-state index contributed by atoms with van der Waals surface area (Å²) in [5, 5.41) is 5.60. The highest BCUT2D eigenvalue weighted by Gasteiger charge is 2.28. The zero-order valence-corrected chi connectivity index (χ0v) is 19.5. The van der Waals surface area contributed by atoms with Crippen molar-refractivity contribution in [2.45, 2.75) is 30.2 Å². The van der Waals surface area contributed by atoms with Crippen molar-refractivity contribution in [2.75, 3.05) is 18.4 Å². The van der Waals surface area contributed by atoms with Crippen LogP contribution in [0.3, 0.4) is 0 Å². The molecule has 1 fully saturated rings. The molecule has 4 rings (SSSR count). The molecule has 0 aromatic heterocycles. The summed E-state index contributed by atoms with van der Waals surface area (Å²) in [7, 11) is -3.61. The third-order valence-electron chi connectivity index (χ3n) is 5.74. The predicted octanol–water partition coefficient (Wildman–Crippen LogP) is 3.45. The smallest absolute Gasteiger partial charge is 0.251 e. The second-order valence-corrected chi connectivity index (χ2v) is 10.1. The van der Waals surface area contributed by atoms with E-state index in [1.54, 1.807) is 36.4 Å². The lowest BCUT2D eigenvalue weighted by molar-refractivity contribution is -0.118. The van der Waals surface area contributed by atoms with Gasteiger partial charge in [-0.15, -0.1) is 0 Å². The van der Waals surface area contributed by atoms with Crippen LogP contribution < -0.4 is 10.6 Å². The average molecular weight is 478 g/mol. The molecule has 1 aliphatic rings. The molecule has 1 atom stereocenters. The van der Waals surface area contributed by atoms with Crippen molar-refractivity contribution in [3.8, 4) is 0 Å². The van der Waals surface area contributed by atoms with Gasteiger partial charge in [0.2, 0.25) is 15.9 Å². The van der Waals surface area contributed by atoms with Gasteiger partial charge in [0.25, 0.3) is 5.91 Å². The maximum Gasteiger partial charge on any atom is 0.251 e. The molecule has 7 nitrogen and oxygen atoms in total. The molecule has 1 heterocycles. The fourth-order valence-electron chi connectivity index (χ4n) is 3.93. The minimum absolute atomic E-state index is 0.139. The topological polar surface area (TPSA) is 95.6 Å². The van der Waals surface area contributed by atoms with E-state index in [1.165, 1.54) is 16.4 Å². The standard InChI is InChI=1S/C26H27N3O4S/c30-25(21-12-5-2-6-13-21)28-24(18-20-10-3-1-4-11-20)26(31)27-22-14-9-15-23(19-22)34(32,33)29-16-7-8-17-29/h1-6,9-15,19,24H,7-8,16-18H2,(H,27,31)(H,28,30). The van der Waals surface area contributed by atoms with E-state index < -0.39 is 22.0 Å². The third kappa shape index (κ3) is 5.70. The molecule has 1 unspecified atom stereocenters. The highest BCUT2D eigenvalue weighted by atomic mass is 32.2. The van der Waals surface area contributed by atoms with Gasteiger partial charge in [0.15, 0.2) is 0 Å². The maximum atomic E-state index is 13.2. The zero-order chi connectivity index (χ0) is 24.0. The summed E-state index contributed by atoms with van der Waals surface area (Å²) in [6.07, 6.45) is 1.98. The molecule has 2 amide bonds. The molecule has 34 heavy (non-hydrogen) atoms. The first-order valence-electron chi connectivity index (χ1n) is 11.2. The van der Waals surface area contributed by atoms with Gasteiger partial charge < -0.3 is 10.6 Å². The van der Waals surface area contributed by atoms with Crippen LogP contribution in [0.4, 0.5) is 5.69 Å². The summed E-state index contributed by atoms with van der Waals surface area (Å²) in [6.45, 7) is 1.01. The lowest BCUT2D eigenvalue weighted by Crippen LogP contribution is -2.45. The molecular formula is C26H27N3O4S. The van der Waals surface area contributed by atoms with Crippen LogP contribution in [-0.2, 0) is 21.2 Å². The molecule has 0 bridgehead atoms. The normalized spacial score (nSPS) is 14.9. The summed E-state index contributed by atoms with van der Waals surface area (Å²) in [4.78, 5) is 26.1. The lowest BCUT2D eigenvalue weighted by Gasteiger charge is -2.20. The van der Waals surface area contributed by atoms with E-state index in [0.717, 1.165) is 18.4 Å². The molecule has 0 radical (unpaired) electrons. The van der Waals surface area contributed by atoms with Crippen LogP contribution in [0.2, 0.25) is 0 Å². The quantitative estimate of drug-likeness (QED) is 0.520. The molecule has 3 aromatic carbocycles. The number of carbonyl (C=O) groups excluding carboxylic acids is 2. The number of nitrogens with zero attached hydrogens (tertiary/aromatic N) is 1. The number of hydrogen-bond donors (Lipinski definition) is 2. The van der Waals surface area contributed by atoms with Crippen molar-refractivity contribution in [2.24, 2.45) is 0 Å². The number of nitrogens with one attached hydrogen (secondary N) is 2. The average Bonchev–Trinajstić information content (AvgIpc) is 3.41. The highest BCUT2D eigenvalue weighted by Crippen LogP contribution is 2.23. The predicted molar refractivity (Wildman–Crippen MR) is 131 cm³/mol. The van der Waals surface area contributed by atoms with Crippen LogP contribution in [-0.4, -0.2) is 43.7 Å². The van der Waals surface area contributed by atoms with Crippen molar-refractivity contribution < 1.29 is 18.0 Å². The summed E-state index contributed by atoms with van der Waals surface area (Å²) in [6, 6.07) is 23.5. The van der Waals surface area contributed by atoms with E-state index in [-0.39, 0.29) is 17.2 Å². The number of benzene rings is 3. The summed E-state index contributed by atoms with van der Waals surface area (Å²) in [5.74, 6) is -0.786. The van der Waals surface area contributed by atoms with Crippen LogP contribution in [0.15, 0.2) is 89.8 Å². The largest absolute Gasteiger partial charge is 0.340 e. The fraction of sp³-hybridized carbons (Fsp3) is 0.231. The summed E-state index contributed by atoms with van der Waals surface area (Å²) in [5.41, 5.74) is 1.70. The van der Waals surface area contributed by atoms with Gasteiger partial charge in [-0.3, -0.25) is 9.59 Å². The molecule has 8 heteroatoms. The van der Waals surface area contributed by atoms with Crippen molar-refractivity contribution >= 4 is 27.5 Å². The van der Waals surface area contributed by atoms with E-state index in [9.17, 15) is 18.0 Å². The Hall–Kier alpha value is -3.49. The Morgan fingerprint density at radius 2 is 1.50 bits per heavy atom. The molecule has 3 aromatic rings. The van der Waals surface area contributed by atoms with Crippen LogP contribution in [0.5, 0.6) is 0 Å². The molecule has 1 saturated heterocycles. The van der Waals surface area contributed by atoms with Crippen LogP contribution in [0.1, 0.15) is 28.8 Å². The first kappa shape index (κ1) is 23.7. The van der Waals surface area contributed by atoms with Gasteiger partial charge >= 0.3 is 0 Å². The van der Waals surface area contributed by atoms with Gasteiger partial charge in [-0.05, 0) is 48.7 Å². The zero-order valence-electron chi connectivity index (χ0n) is 18.7.